The minimum Gasteiger partial charge on any atom is -0.508 e. The number of terminal acetylenes is 1. The highest BCUT2D eigenvalue weighted by molar-refractivity contribution is 6.03. The van der Waals surface area contributed by atoms with Crippen LogP contribution in [0, 0.1) is 29.4 Å². The van der Waals surface area contributed by atoms with Gasteiger partial charge in [0.15, 0.2) is 5.82 Å². The summed E-state index contributed by atoms with van der Waals surface area (Å²) in [7, 11) is 0. The molecule has 1 amide bonds. The van der Waals surface area contributed by atoms with Crippen molar-refractivity contribution in [2.75, 3.05) is 44.2 Å². The highest BCUT2D eigenvalue weighted by Gasteiger charge is 2.45. The van der Waals surface area contributed by atoms with Crippen molar-refractivity contribution in [3.05, 3.63) is 47.7 Å². The second kappa shape index (κ2) is 10.8. The Morgan fingerprint density at radius 1 is 1.09 bits per heavy atom. The zero-order valence-electron chi connectivity index (χ0n) is 25.4. The van der Waals surface area contributed by atoms with E-state index in [1.165, 1.54) is 30.5 Å². The van der Waals surface area contributed by atoms with E-state index in [-0.39, 0.29) is 56.3 Å². The number of carbonyl (C=O) groups excluding carboxylic acids is 1. The van der Waals surface area contributed by atoms with Crippen LogP contribution in [0.2, 0.25) is 0 Å². The molecular weight excluding hydrogens is 590 g/mol. The number of amides is 1. The van der Waals surface area contributed by atoms with Crippen molar-refractivity contribution >= 4 is 33.4 Å². The number of hydrogen-bond acceptors (Lipinski definition) is 8. The third kappa shape index (κ3) is 4.61. The number of piperidine rings is 1. The Kier molecular flexibility index (Phi) is 6.76. The summed E-state index contributed by atoms with van der Waals surface area (Å²) in [6.45, 7) is 4.31. The Labute approximate surface area is 265 Å². The molecule has 1 unspecified atom stereocenters. The van der Waals surface area contributed by atoms with Gasteiger partial charge in [0.1, 0.15) is 35.2 Å². The highest BCUT2D eigenvalue weighted by Crippen LogP contribution is 2.43. The zero-order valence-corrected chi connectivity index (χ0v) is 25.4. The summed E-state index contributed by atoms with van der Waals surface area (Å²) >= 11 is 0. The Morgan fingerprint density at radius 2 is 1.89 bits per heavy atom. The topological polar surface area (TPSA) is 104 Å². The first kappa shape index (κ1) is 28.9. The molecule has 2 N–H and O–H groups in total. The lowest BCUT2D eigenvalue weighted by Gasteiger charge is -2.40. The molecule has 6 heterocycles. The average molecular weight is 625 g/mol. The number of aromatic nitrogens is 3. The van der Waals surface area contributed by atoms with Crippen molar-refractivity contribution in [1.82, 2.24) is 25.2 Å². The van der Waals surface area contributed by atoms with Gasteiger partial charge in [-0.1, -0.05) is 12.0 Å². The quantitative estimate of drug-likeness (QED) is 0.302. The van der Waals surface area contributed by atoms with Crippen molar-refractivity contribution in [2.45, 2.75) is 50.5 Å². The standard InChI is InChI=1S/C35H34F2N6O3/c1-2-23-26(36)7-6-21-14-22(44)15-24(28(21)23)30-29(37)31-25(17-38-30)32(42-11-3-8-34(19-42)16-27(45)39-18-34)41-33(40-31)46-20-35-9-4-12-43(35)13-5-10-35/h1,6-7,14-15,17,44H,3-5,8-13,16,18-20H2,(H,39,45). The number of fused-ring (bicyclic) bond motifs is 3. The lowest BCUT2D eigenvalue weighted by atomic mass is 9.79. The molecule has 0 bridgehead atoms. The molecule has 46 heavy (non-hydrogen) atoms. The largest absolute Gasteiger partial charge is 0.508 e. The van der Waals surface area contributed by atoms with Crippen LogP contribution in [0.1, 0.15) is 50.5 Å². The van der Waals surface area contributed by atoms with Gasteiger partial charge in [-0.15, -0.1) is 6.42 Å². The van der Waals surface area contributed by atoms with Gasteiger partial charge < -0.3 is 20.1 Å². The SMILES string of the molecule is C#Cc1c(F)ccc2cc(O)cc(-c3ncc4c(N5CCCC6(CNC(=O)C6)C5)nc(OCC56CCCN5CCC6)nc4c3F)c12. The molecule has 0 aliphatic carbocycles. The van der Waals surface area contributed by atoms with E-state index in [1.54, 1.807) is 0 Å². The number of benzene rings is 2. The van der Waals surface area contributed by atoms with E-state index in [0.717, 1.165) is 51.6 Å². The lowest BCUT2D eigenvalue weighted by molar-refractivity contribution is -0.119. The van der Waals surface area contributed by atoms with E-state index in [2.05, 4.69) is 31.0 Å². The van der Waals surface area contributed by atoms with Gasteiger partial charge in [0.2, 0.25) is 5.91 Å². The van der Waals surface area contributed by atoms with Gasteiger partial charge in [-0.2, -0.15) is 9.97 Å². The maximum absolute atomic E-state index is 16.9. The van der Waals surface area contributed by atoms with Gasteiger partial charge >= 0.3 is 6.01 Å². The number of halogens is 2. The number of phenols is 1. The number of hydrogen-bond donors (Lipinski definition) is 2. The molecule has 236 valence electrons. The van der Waals surface area contributed by atoms with E-state index in [0.29, 0.717) is 49.3 Å². The first-order chi connectivity index (χ1) is 22.3. The summed E-state index contributed by atoms with van der Waals surface area (Å²) in [6.07, 6.45) is 13.7. The van der Waals surface area contributed by atoms with Crippen LogP contribution in [-0.4, -0.2) is 75.7 Å². The van der Waals surface area contributed by atoms with E-state index >= 15 is 4.39 Å². The highest BCUT2D eigenvalue weighted by atomic mass is 19.1. The number of aromatic hydroxyl groups is 1. The van der Waals surface area contributed by atoms with Gasteiger partial charge in [0.25, 0.3) is 0 Å². The number of nitrogens with zero attached hydrogens (tertiary/aromatic N) is 5. The molecule has 9 nitrogen and oxygen atoms in total. The molecule has 1 spiro atoms. The fraction of sp³-hybridized carbons (Fsp3) is 0.429. The maximum Gasteiger partial charge on any atom is 0.319 e. The molecule has 4 aliphatic heterocycles. The van der Waals surface area contributed by atoms with Crippen LogP contribution >= 0.6 is 0 Å². The number of pyridine rings is 1. The number of anilines is 1. The molecule has 4 aromatic rings. The van der Waals surface area contributed by atoms with Crippen molar-refractivity contribution in [3.63, 3.8) is 0 Å². The van der Waals surface area contributed by atoms with Crippen LogP contribution in [0.15, 0.2) is 30.5 Å². The number of carbonyl (C=O) groups is 1. The van der Waals surface area contributed by atoms with E-state index in [9.17, 15) is 14.3 Å². The number of nitrogens with one attached hydrogen (secondary N) is 1. The van der Waals surface area contributed by atoms with E-state index in [1.807, 2.05) is 0 Å². The number of phenolic OH excluding ortho intramolecular Hbond substituents is 1. The predicted octanol–water partition coefficient (Wildman–Crippen LogP) is 4.92. The zero-order chi connectivity index (χ0) is 31.6. The summed E-state index contributed by atoms with van der Waals surface area (Å²) < 4.78 is 38.1. The Hall–Kier alpha value is -4.56. The number of ether oxygens (including phenoxy) is 1. The molecule has 8 rings (SSSR count). The molecule has 4 saturated heterocycles. The maximum atomic E-state index is 16.9. The molecule has 11 heteroatoms. The molecule has 0 radical (unpaired) electrons. The second-order valence-corrected chi connectivity index (χ2v) is 13.4. The van der Waals surface area contributed by atoms with E-state index < -0.39 is 11.6 Å². The normalized spacial score (nSPS) is 22.5. The average Bonchev–Trinajstić information content (AvgIpc) is 3.74. The van der Waals surface area contributed by atoms with Gasteiger partial charge in [0, 0.05) is 48.6 Å². The first-order valence-electron chi connectivity index (χ1n) is 16.0. The van der Waals surface area contributed by atoms with Crippen LogP contribution in [0.3, 0.4) is 0 Å². The summed E-state index contributed by atoms with van der Waals surface area (Å²) in [4.78, 5) is 30.8. The van der Waals surface area contributed by atoms with Gasteiger partial charge in [0.05, 0.1) is 16.5 Å². The van der Waals surface area contributed by atoms with Crippen LogP contribution in [0.5, 0.6) is 11.8 Å². The smallest absolute Gasteiger partial charge is 0.319 e. The fourth-order valence-corrected chi connectivity index (χ4v) is 8.36. The molecule has 1 atom stereocenters. The predicted molar refractivity (Wildman–Crippen MR) is 170 cm³/mol. The molecule has 2 aromatic heterocycles. The minimum atomic E-state index is -0.754. The molecule has 2 aromatic carbocycles. The third-order valence-corrected chi connectivity index (χ3v) is 10.5. The van der Waals surface area contributed by atoms with Crippen LogP contribution in [0.25, 0.3) is 32.9 Å². The molecule has 0 saturated carbocycles. The summed E-state index contributed by atoms with van der Waals surface area (Å²) in [5, 5.41) is 14.7. The Morgan fingerprint density at radius 3 is 2.65 bits per heavy atom. The summed E-state index contributed by atoms with van der Waals surface area (Å²) in [5.74, 6) is 1.40. The second-order valence-electron chi connectivity index (χ2n) is 13.4. The van der Waals surface area contributed by atoms with Crippen molar-refractivity contribution < 1.29 is 23.4 Å². The monoisotopic (exact) mass is 624 g/mol. The fourth-order valence-electron chi connectivity index (χ4n) is 8.36. The van der Waals surface area contributed by atoms with Crippen LogP contribution in [-0.2, 0) is 4.79 Å². The molecule has 4 fully saturated rings. The van der Waals surface area contributed by atoms with Gasteiger partial charge in [-0.25, -0.2) is 8.78 Å². The first-order valence-corrected chi connectivity index (χ1v) is 16.0. The Bertz CT molecular complexity index is 1950. The molecule has 4 aliphatic rings. The van der Waals surface area contributed by atoms with Gasteiger partial charge in [-0.3, -0.25) is 14.7 Å². The summed E-state index contributed by atoms with van der Waals surface area (Å²) in [5.41, 5.74) is -0.305. The minimum absolute atomic E-state index is 0.00704. The van der Waals surface area contributed by atoms with Gasteiger partial charge in [-0.05, 0) is 75.2 Å². The van der Waals surface area contributed by atoms with Crippen LogP contribution < -0.4 is 15.0 Å². The third-order valence-electron chi connectivity index (χ3n) is 10.5. The number of rotatable bonds is 5. The van der Waals surface area contributed by atoms with Crippen molar-refractivity contribution in [3.8, 4) is 35.4 Å². The van der Waals surface area contributed by atoms with Crippen molar-refractivity contribution in [1.29, 1.82) is 0 Å². The lowest BCUT2D eigenvalue weighted by Crippen LogP contribution is -2.45. The van der Waals surface area contributed by atoms with Crippen molar-refractivity contribution in [2.24, 2.45) is 5.41 Å². The summed E-state index contributed by atoms with van der Waals surface area (Å²) in [6, 6.07) is 5.58. The molecular formula is C35H34F2N6O3. The Balaban J connectivity index is 1.28. The van der Waals surface area contributed by atoms with E-state index in [4.69, 9.17) is 16.1 Å². The van der Waals surface area contributed by atoms with Crippen LogP contribution in [0.4, 0.5) is 14.6 Å².